The van der Waals surface area contributed by atoms with Gasteiger partial charge in [0.05, 0.1) is 19.3 Å². The number of rotatable bonds is 4. The monoisotopic (exact) mass is 337 g/mol. The van der Waals surface area contributed by atoms with Crippen LogP contribution in [-0.4, -0.2) is 55.1 Å². The van der Waals surface area contributed by atoms with Crippen LogP contribution < -0.4 is 16.1 Å². The molecule has 1 aliphatic heterocycles. The second-order valence-electron chi connectivity index (χ2n) is 6.52. The zero-order valence-corrected chi connectivity index (χ0v) is 13.9. The number of imidazole rings is 1. The molecule has 0 unspecified atom stereocenters. The van der Waals surface area contributed by atoms with Crippen LogP contribution in [0.3, 0.4) is 0 Å². The molecule has 1 atom stereocenters. The summed E-state index contributed by atoms with van der Waals surface area (Å²) in [5.74, 6) is 1.19. The van der Waals surface area contributed by atoms with Gasteiger partial charge in [-0.15, -0.1) is 0 Å². The zero-order valence-electron chi connectivity index (χ0n) is 13.9. The molecule has 3 heterocycles. The number of aromatic amines is 1. The van der Waals surface area contributed by atoms with Gasteiger partial charge in [-0.1, -0.05) is 6.92 Å². The molecule has 2 aromatic rings. The first kappa shape index (κ1) is 16.7. The summed E-state index contributed by atoms with van der Waals surface area (Å²) in [4.78, 5) is 33.0. The Hall–Kier alpha value is -2.13. The van der Waals surface area contributed by atoms with E-state index in [0.717, 1.165) is 25.9 Å². The molecule has 24 heavy (non-hydrogen) atoms. The van der Waals surface area contributed by atoms with E-state index < -0.39 is 24.0 Å². The summed E-state index contributed by atoms with van der Waals surface area (Å²) in [5.41, 5.74) is -0.554. The summed E-state index contributed by atoms with van der Waals surface area (Å²) < 4.78 is 2.89. The van der Waals surface area contributed by atoms with Crippen molar-refractivity contribution in [3.05, 3.63) is 20.8 Å². The highest BCUT2D eigenvalue weighted by Gasteiger charge is 2.25. The van der Waals surface area contributed by atoms with Gasteiger partial charge in [-0.25, -0.2) is 4.79 Å². The SMILES string of the molecule is CC1CCN(c2nc3c(c(=O)[nH]c(=O)n3C)n2C[C@@H](O)CO)CC1. The summed E-state index contributed by atoms with van der Waals surface area (Å²) in [6.45, 7) is 3.41. The fraction of sp³-hybridized carbons (Fsp3) is 0.667. The van der Waals surface area contributed by atoms with E-state index in [-0.39, 0.29) is 17.7 Å². The van der Waals surface area contributed by atoms with Crippen molar-refractivity contribution in [1.82, 2.24) is 19.1 Å². The quantitative estimate of drug-likeness (QED) is 0.660. The van der Waals surface area contributed by atoms with Crippen LogP contribution in [0.5, 0.6) is 0 Å². The molecule has 0 amide bonds. The van der Waals surface area contributed by atoms with Gasteiger partial charge in [0.2, 0.25) is 5.95 Å². The summed E-state index contributed by atoms with van der Waals surface area (Å²) >= 11 is 0. The van der Waals surface area contributed by atoms with Crippen molar-refractivity contribution in [1.29, 1.82) is 0 Å². The number of aliphatic hydroxyl groups excluding tert-OH is 2. The second-order valence-corrected chi connectivity index (χ2v) is 6.52. The highest BCUT2D eigenvalue weighted by Crippen LogP contribution is 2.25. The number of anilines is 1. The highest BCUT2D eigenvalue weighted by atomic mass is 16.3. The molecule has 1 aliphatic rings. The standard InChI is InChI=1S/C15H23N5O4/c1-9-3-5-19(6-4-9)14-16-12-11(20(14)7-10(22)8-21)13(23)17-15(24)18(12)2/h9-10,21-22H,3-8H2,1-2H3,(H,17,23,24)/t10-/m1/s1. The molecule has 0 saturated carbocycles. The van der Waals surface area contributed by atoms with Gasteiger partial charge in [0.15, 0.2) is 11.2 Å². The summed E-state index contributed by atoms with van der Waals surface area (Å²) in [6, 6.07) is 0. The highest BCUT2D eigenvalue weighted by molar-refractivity contribution is 5.74. The molecule has 0 spiro atoms. The Morgan fingerprint density at radius 3 is 2.62 bits per heavy atom. The first-order valence-corrected chi connectivity index (χ1v) is 8.15. The lowest BCUT2D eigenvalue weighted by atomic mass is 10.00. The number of H-pyrrole nitrogens is 1. The van der Waals surface area contributed by atoms with E-state index in [4.69, 9.17) is 0 Å². The average Bonchev–Trinajstić information content (AvgIpc) is 2.93. The Kier molecular flexibility index (Phi) is 4.46. The molecular weight excluding hydrogens is 314 g/mol. The minimum Gasteiger partial charge on any atom is -0.394 e. The molecule has 9 heteroatoms. The molecule has 2 aromatic heterocycles. The molecule has 3 rings (SSSR count). The normalized spacial score (nSPS) is 17.6. The maximum atomic E-state index is 12.3. The third kappa shape index (κ3) is 2.84. The first-order chi connectivity index (χ1) is 11.4. The number of nitrogens with zero attached hydrogens (tertiary/aromatic N) is 4. The summed E-state index contributed by atoms with van der Waals surface area (Å²) in [7, 11) is 1.54. The number of nitrogens with one attached hydrogen (secondary N) is 1. The van der Waals surface area contributed by atoms with Gasteiger partial charge in [0, 0.05) is 20.1 Å². The molecule has 0 aliphatic carbocycles. The van der Waals surface area contributed by atoms with Crippen LogP contribution in [0.1, 0.15) is 19.8 Å². The van der Waals surface area contributed by atoms with Gasteiger partial charge in [0.25, 0.3) is 5.56 Å². The third-order valence-electron chi connectivity index (χ3n) is 4.66. The maximum absolute atomic E-state index is 12.3. The largest absolute Gasteiger partial charge is 0.394 e. The van der Waals surface area contributed by atoms with Crippen molar-refractivity contribution >= 4 is 17.1 Å². The van der Waals surface area contributed by atoms with E-state index in [1.807, 2.05) is 0 Å². The number of aromatic nitrogens is 4. The van der Waals surface area contributed by atoms with Crippen molar-refractivity contribution in [2.24, 2.45) is 13.0 Å². The van der Waals surface area contributed by atoms with E-state index in [0.29, 0.717) is 11.9 Å². The molecule has 1 saturated heterocycles. The van der Waals surface area contributed by atoms with E-state index in [2.05, 4.69) is 21.8 Å². The van der Waals surface area contributed by atoms with Crippen LogP contribution in [0.15, 0.2) is 9.59 Å². The van der Waals surface area contributed by atoms with Gasteiger partial charge in [-0.3, -0.25) is 14.3 Å². The van der Waals surface area contributed by atoms with Crippen molar-refractivity contribution in [3.63, 3.8) is 0 Å². The molecule has 132 valence electrons. The van der Waals surface area contributed by atoms with Gasteiger partial charge in [-0.05, 0) is 18.8 Å². The van der Waals surface area contributed by atoms with Crippen LogP contribution >= 0.6 is 0 Å². The van der Waals surface area contributed by atoms with Gasteiger partial charge < -0.3 is 19.7 Å². The summed E-state index contributed by atoms with van der Waals surface area (Å²) in [6.07, 6.45) is 1.02. The molecule has 0 radical (unpaired) electrons. The third-order valence-corrected chi connectivity index (χ3v) is 4.66. The maximum Gasteiger partial charge on any atom is 0.329 e. The van der Waals surface area contributed by atoms with Gasteiger partial charge in [0.1, 0.15) is 0 Å². The van der Waals surface area contributed by atoms with E-state index in [9.17, 15) is 19.8 Å². The predicted molar refractivity (Wildman–Crippen MR) is 89.3 cm³/mol. The Labute approximate surface area is 138 Å². The number of hydrogen-bond donors (Lipinski definition) is 3. The lowest BCUT2D eigenvalue weighted by Gasteiger charge is -2.31. The molecule has 9 nitrogen and oxygen atoms in total. The van der Waals surface area contributed by atoms with E-state index >= 15 is 0 Å². The topological polar surface area (TPSA) is 116 Å². The first-order valence-electron chi connectivity index (χ1n) is 8.15. The lowest BCUT2D eigenvalue weighted by Crippen LogP contribution is -2.36. The fourth-order valence-electron chi connectivity index (χ4n) is 3.11. The Morgan fingerprint density at radius 2 is 2.00 bits per heavy atom. The zero-order chi connectivity index (χ0) is 17.4. The van der Waals surface area contributed by atoms with Crippen LogP contribution in [0.4, 0.5) is 5.95 Å². The van der Waals surface area contributed by atoms with Crippen molar-refractivity contribution in [3.8, 4) is 0 Å². The predicted octanol–water partition coefficient (Wildman–Crippen LogP) is -0.987. The molecule has 1 fully saturated rings. The summed E-state index contributed by atoms with van der Waals surface area (Å²) in [5, 5.41) is 19.0. The van der Waals surface area contributed by atoms with Crippen LogP contribution in [0, 0.1) is 5.92 Å². The number of aryl methyl sites for hydroxylation is 1. The number of hydrogen-bond acceptors (Lipinski definition) is 6. The Balaban J connectivity index is 2.18. The molecular formula is C15H23N5O4. The second kappa shape index (κ2) is 6.40. The minimum absolute atomic E-state index is 0.0374. The van der Waals surface area contributed by atoms with Gasteiger partial charge in [-0.2, -0.15) is 4.98 Å². The fourth-order valence-corrected chi connectivity index (χ4v) is 3.11. The van der Waals surface area contributed by atoms with Crippen molar-refractivity contribution in [2.75, 3.05) is 24.6 Å². The smallest absolute Gasteiger partial charge is 0.329 e. The number of fused-ring (bicyclic) bond motifs is 1. The van der Waals surface area contributed by atoms with Crippen LogP contribution in [0.2, 0.25) is 0 Å². The lowest BCUT2D eigenvalue weighted by molar-refractivity contribution is 0.0822. The number of piperidine rings is 1. The molecule has 3 N–H and O–H groups in total. The van der Waals surface area contributed by atoms with E-state index in [1.54, 1.807) is 11.6 Å². The Morgan fingerprint density at radius 1 is 1.33 bits per heavy atom. The van der Waals surface area contributed by atoms with Crippen molar-refractivity contribution < 1.29 is 10.2 Å². The molecule has 0 bridgehead atoms. The Bertz CT molecular complexity index is 844. The average molecular weight is 337 g/mol. The molecule has 0 aromatic carbocycles. The van der Waals surface area contributed by atoms with Crippen LogP contribution in [-0.2, 0) is 13.6 Å². The van der Waals surface area contributed by atoms with Crippen molar-refractivity contribution in [2.45, 2.75) is 32.4 Å². The van der Waals surface area contributed by atoms with Crippen LogP contribution in [0.25, 0.3) is 11.2 Å². The van der Waals surface area contributed by atoms with E-state index in [1.165, 1.54) is 4.57 Å². The number of aliphatic hydroxyl groups is 2. The van der Waals surface area contributed by atoms with Gasteiger partial charge >= 0.3 is 5.69 Å². The minimum atomic E-state index is -1.01.